The van der Waals surface area contributed by atoms with E-state index in [2.05, 4.69) is 15.9 Å². The Hall–Kier alpha value is -3.92. The number of ether oxygens (including phenoxy) is 1. The summed E-state index contributed by atoms with van der Waals surface area (Å²) in [5.74, 6) is -1.87. The molecule has 10 heteroatoms. The van der Waals surface area contributed by atoms with Gasteiger partial charge < -0.3 is 9.84 Å². The number of aromatic hydroxyl groups is 1. The van der Waals surface area contributed by atoms with Gasteiger partial charge in [0.2, 0.25) is 0 Å². The molecule has 2 heterocycles. The summed E-state index contributed by atoms with van der Waals surface area (Å²) in [5.41, 5.74) is -0.335. The van der Waals surface area contributed by atoms with Gasteiger partial charge in [-0.05, 0) is 54.8 Å². The molecule has 0 saturated heterocycles. The van der Waals surface area contributed by atoms with Crippen molar-refractivity contribution >= 4 is 27.5 Å². The van der Waals surface area contributed by atoms with Crippen LogP contribution in [0.1, 0.15) is 37.8 Å². The van der Waals surface area contributed by atoms with Crippen LogP contribution >= 0.6 is 15.9 Å². The maximum absolute atomic E-state index is 13.9. The second kappa shape index (κ2) is 8.81. The number of benzene rings is 2. The van der Waals surface area contributed by atoms with Crippen molar-refractivity contribution < 1.29 is 19.4 Å². The molecule has 0 bridgehead atoms. The first-order valence-electron chi connectivity index (χ1n) is 12.6. The van der Waals surface area contributed by atoms with Crippen molar-refractivity contribution in [2.75, 3.05) is 7.11 Å². The van der Waals surface area contributed by atoms with Crippen LogP contribution in [0.2, 0.25) is 0 Å². The smallest absolute Gasteiger partial charge is 0.352 e. The summed E-state index contributed by atoms with van der Waals surface area (Å²) in [7, 11) is 1.44. The molecular weight excluding hydrogens is 566 g/mol. The fourth-order valence-electron chi connectivity index (χ4n) is 6.77. The molecule has 0 radical (unpaired) electrons. The maximum Gasteiger partial charge on any atom is 0.352 e. The molecule has 1 fully saturated rings. The van der Waals surface area contributed by atoms with Gasteiger partial charge in [-0.15, -0.1) is 0 Å². The SMILES string of the molecule is COc1cc(Br)cc([C@H]2C3=CCn4c(=O)n(-c5ccccc5)c(=O)n4[C@@H]3C[C@H]3C(=O)C=C(C)C(=O)[C@@]23C)c1O. The van der Waals surface area contributed by atoms with Gasteiger partial charge in [0.25, 0.3) is 0 Å². The van der Waals surface area contributed by atoms with Gasteiger partial charge in [0.15, 0.2) is 23.1 Å². The van der Waals surface area contributed by atoms with E-state index in [4.69, 9.17) is 4.74 Å². The molecule has 9 nitrogen and oxygen atoms in total. The largest absolute Gasteiger partial charge is 0.504 e. The third-order valence-corrected chi connectivity index (χ3v) is 8.98. The fourth-order valence-corrected chi connectivity index (χ4v) is 7.22. The fraction of sp³-hybridized carbons (Fsp3) is 0.310. The Labute approximate surface area is 231 Å². The minimum absolute atomic E-state index is 0.0971. The Bertz CT molecular complexity index is 1740. The van der Waals surface area contributed by atoms with E-state index in [0.29, 0.717) is 26.9 Å². The van der Waals surface area contributed by atoms with Crippen molar-refractivity contribution in [3.8, 4) is 17.2 Å². The number of allylic oxidation sites excluding steroid dienone is 4. The lowest BCUT2D eigenvalue weighted by atomic mass is 9.51. The van der Waals surface area contributed by atoms with Crippen LogP contribution in [0.4, 0.5) is 0 Å². The highest BCUT2D eigenvalue weighted by molar-refractivity contribution is 9.10. The number of methoxy groups -OCH3 is 1. The Morgan fingerprint density at radius 1 is 1.08 bits per heavy atom. The standard InChI is InChI=1S/C29H26BrN3O6/c1-15-11-22(34)20-14-21-18(9-10-31-27(37)32(28(38)33(21)31)17-7-5-4-6-8-17)24(29(20,2)26(15)36)19-12-16(30)13-23(39-3)25(19)35/h4-9,11-13,20-21,24,35H,10,14H2,1-3H3/t20-,21+,24+,29+/m0/s1. The number of aromatic nitrogens is 3. The van der Waals surface area contributed by atoms with Crippen LogP contribution < -0.4 is 16.1 Å². The van der Waals surface area contributed by atoms with Gasteiger partial charge >= 0.3 is 11.4 Å². The highest BCUT2D eigenvalue weighted by atomic mass is 79.9. The van der Waals surface area contributed by atoms with E-state index in [1.54, 1.807) is 56.3 Å². The van der Waals surface area contributed by atoms with Gasteiger partial charge in [-0.1, -0.05) is 47.1 Å². The van der Waals surface area contributed by atoms with E-state index in [1.165, 1.54) is 22.5 Å². The third-order valence-electron chi connectivity index (χ3n) is 8.52. The van der Waals surface area contributed by atoms with Crippen LogP contribution in [0.15, 0.2) is 79.8 Å². The van der Waals surface area contributed by atoms with E-state index < -0.39 is 34.7 Å². The van der Waals surface area contributed by atoms with Gasteiger partial charge in [-0.25, -0.2) is 23.5 Å². The molecule has 2 aromatic carbocycles. The van der Waals surface area contributed by atoms with E-state index >= 15 is 0 Å². The number of carbonyl (C=O) groups excluding carboxylic acids is 2. The van der Waals surface area contributed by atoms with E-state index in [1.807, 2.05) is 6.08 Å². The quantitative estimate of drug-likeness (QED) is 0.465. The van der Waals surface area contributed by atoms with Crippen molar-refractivity contribution in [1.29, 1.82) is 0 Å². The number of nitrogens with zero attached hydrogens (tertiary/aromatic N) is 3. The summed E-state index contributed by atoms with van der Waals surface area (Å²) < 4.78 is 9.94. The molecule has 1 saturated carbocycles. The monoisotopic (exact) mass is 591 g/mol. The van der Waals surface area contributed by atoms with E-state index in [9.17, 15) is 24.3 Å². The first-order chi connectivity index (χ1) is 18.6. The number of Topliss-reactive ketones (excluding diaryl/α,β-unsaturated/α-hetero) is 1. The summed E-state index contributed by atoms with van der Waals surface area (Å²) in [6, 6.07) is 11.3. The minimum atomic E-state index is -1.23. The summed E-state index contributed by atoms with van der Waals surface area (Å²) >= 11 is 3.49. The second-order valence-electron chi connectivity index (χ2n) is 10.5. The molecule has 6 rings (SSSR count). The molecule has 200 valence electrons. The Balaban J connectivity index is 1.63. The number of hydrogen-bond donors (Lipinski definition) is 1. The summed E-state index contributed by atoms with van der Waals surface area (Å²) in [6.07, 6.45) is 3.39. The van der Waals surface area contributed by atoms with Crippen molar-refractivity contribution in [3.05, 3.63) is 96.8 Å². The van der Waals surface area contributed by atoms with Crippen LogP contribution in [0, 0.1) is 11.3 Å². The number of para-hydroxylation sites is 1. The molecule has 0 amide bonds. The Morgan fingerprint density at radius 2 is 1.79 bits per heavy atom. The molecule has 3 aliphatic rings. The zero-order valence-corrected chi connectivity index (χ0v) is 23.1. The van der Waals surface area contributed by atoms with Crippen LogP contribution in [-0.4, -0.2) is 37.7 Å². The predicted octanol–water partition coefficient (Wildman–Crippen LogP) is 3.67. The highest BCUT2D eigenvalue weighted by Crippen LogP contribution is 2.61. The van der Waals surface area contributed by atoms with Gasteiger partial charge in [-0.3, -0.25) is 9.59 Å². The predicted molar refractivity (Wildman–Crippen MR) is 146 cm³/mol. The molecule has 39 heavy (non-hydrogen) atoms. The van der Waals surface area contributed by atoms with Crippen LogP contribution in [0.5, 0.6) is 11.5 Å². The average Bonchev–Trinajstić information content (AvgIpc) is 3.18. The molecule has 4 atom stereocenters. The topological polar surface area (TPSA) is 113 Å². The number of hydrogen-bond acceptors (Lipinski definition) is 6. The van der Waals surface area contributed by atoms with E-state index in [0.717, 1.165) is 4.57 Å². The first-order valence-corrected chi connectivity index (χ1v) is 13.4. The molecule has 2 aliphatic carbocycles. The van der Waals surface area contributed by atoms with Crippen LogP contribution in [-0.2, 0) is 16.1 Å². The summed E-state index contributed by atoms with van der Waals surface area (Å²) in [4.78, 5) is 54.7. The summed E-state index contributed by atoms with van der Waals surface area (Å²) in [6.45, 7) is 3.49. The molecular formula is C29H26BrN3O6. The minimum Gasteiger partial charge on any atom is -0.504 e. The second-order valence-corrected chi connectivity index (χ2v) is 11.4. The van der Waals surface area contributed by atoms with Crippen LogP contribution in [0.25, 0.3) is 5.69 Å². The number of halogens is 1. The van der Waals surface area contributed by atoms with Gasteiger partial charge in [0, 0.05) is 21.9 Å². The average molecular weight is 592 g/mol. The zero-order valence-electron chi connectivity index (χ0n) is 21.6. The number of ketones is 2. The van der Waals surface area contributed by atoms with Crippen molar-refractivity contribution in [1.82, 2.24) is 13.9 Å². The summed E-state index contributed by atoms with van der Waals surface area (Å²) in [5, 5.41) is 11.3. The first kappa shape index (κ1) is 25.4. The molecule has 3 aromatic rings. The zero-order chi connectivity index (χ0) is 27.8. The van der Waals surface area contributed by atoms with Crippen molar-refractivity contribution in [3.63, 3.8) is 0 Å². The Kier molecular flexibility index (Phi) is 5.73. The van der Waals surface area contributed by atoms with Crippen LogP contribution in [0.3, 0.4) is 0 Å². The number of carbonyl (C=O) groups is 2. The normalized spacial score (nSPS) is 25.8. The number of rotatable bonds is 3. The van der Waals surface area contributed by atoms with E-state index in [-0.39, 0.29) is 36.0 Å². The van der Waals surface area contributed by atoms with Gasteiger partial charge in [0.05, 0.1) is 30.8 Å². The maximum atomic E-state index is 13.9. The van der Waals surface area contributed by atoms with Gasteiger partial charge in [0.1, 0.15) is 0 Å². The highest BCUT2D eigenvalue weighted by Gasteiger charge is 2.60. The third kappa shape index (κ3) is 3.43. The number of fused-ring (bicyclic) bond motifs is 4. The Morgan fingerprint density at radius 3 is 2.49 bits per heavy atom. The van der Waals surface area contributed by atoms with Gasteiger partial charge in [-0.2, -0.15) is 0 Å². The molecule has 1 aliphatic heterocycles. The molecule has 0 unspecified atom stereocenters. The number of phenolic OH excluding ortho intramolecular Hbond substituents is 1. The molecule has 1 N–H and O–H groups in total. The lowest BCUT2D eigenvalue weighted by Gasteiger charge is -2.52. The van der Waals surface area contributed by atoms with Crippen molar-refractivity contribution in [2.45, 2.75) is 38.8 Å². The van der Waals surface area contributed by atoms with Crippen molar-refractivity contribution in [2.24, 2.45) is 11.3 Å². The lowest BCUT2D eigenvalue weighted by Crippen LogP contribution is -2.54. The number of phenols is 1. The molecule has 1 aromatic heterocycles. The molecule has 0 spiro atoms. The lowest BCUT2D eigenvalue weighted by molar-refractivity contribution is -0.139.